The lowest BCUT2D eigenvalue weighted by Gasteiger charge is -2.15. The molecule has 1 aromatic heterocycles. The van der Waals surface area contributed by atoms with E-state index in [0.29, 0.717) is 67.4 Å². The van der Waals surface area contributed by atoms with Crippen LogP contribution in [0.4, 0.5) is 11.5 Å². The Kier molecular flexibility index (Phi) is 11.8. The van der Waals surface area contributed by atoms with Gasteiger partial charge < -0.3 is 29.2 Å². The topological polar surface area (TPSA) is 95.0 Å². The van der Waals surface area contributed by atoms with Crippen molar-refractivity contribution < 1.29 is 23.7 Å². The summed E-state index contributed by atoms with van der Waals surface area (Å²) < 4.78 is 22.0. The van der Waals surface area contributed by atoms with E-state index in [4.69, 9.17) is 30.5 Å². The molecule has 0 bridgehead atoms. The van der Waals surface area contributed by atoms with E-state index in [0.717, 1.165) is 16.6 Å². The molecule has 9 nitrogen and oxygen atoms in total. The fourth-order valence-electron chi connectivity index (χ4n) is 3.56. The van der Waals surface area contributed by atoms with Crippen molar-refractivity contribution in [1.29, 1.82) is 0 Å². The van der Waals surface area contributed by atoms with Gasteiger partial charge in [-0.05, 0) is 51.4 Å². The zero-order valence-electron chi connectivity index (χ0n) is 22.3. The number of carbonyl (C=O) groups excluding carboxylic acids is 1. The standard InChI is InChI=1S/C28H35ClN4O5/c1-5-36-12-14-38-27-18-25-23(16-20(27)15-22(34)7-6-10-33(2)3)28(31-19-30-25)32-21-8-9-26(24(29)17-21)37-13-11-35-4/h6-9,16-19H,5,10-15H2,1-4H3,(H,30,31,32)/b7-6+. The van der Waals surface area contributed by atoms with Crippen molar-refractivity contribution in [3.8, 4) is 11.5 Å². The molecule has 2 aromatic carbocycles. The van der Waals surface area contributed by atoms with Crippen molar-refractivity contribution in [1.82, 2.24) is 14.9 Å². The summed E-state index contributed by atoms with van der Waals surface area (Å²) in [7, 11) is 5.52. The molecule has 0 atom stereocenters. The van der Waals surface area contributed by atoms with E-state index in [9.17, 15) is 4.79 Å². The smallest absolute Gasteiger partial charge is 0.159 e. The molecule has 0 unspecified atom stereocenters. The molecule has 1 N–H and O–H groups in total. The number of nitrogens with one attached hydrogen (secondary N) is 1. The molecular weight excluding hydrogens is 508 g/mol. The largest absolute Gasteiger partial charge is 0.491 e. The summed E-state index contributed by atoms with van der Waals surface area (Å²) in [5, 5.41) is 4.52. The number of carbonyl (C=O) groups is 1. The quantitative estimate of drug-likeness (QED) is 0.204. The minimum Gasteiger partial charge on any atom is -0.491 e. The van der Waals surface area contributed by atoms with Crippen LogP contribution in [0.2, 0.25) is 5.02 Å². The average molecular weight is 543 g/mol. The van der Waals surface area contributed by atoms with Crippen molar-refractivity contribution in [2.24, 2.45) is 0 Å². The number of rotatable bonds is 16. The van der Waals surface area contributed by atoms with Crippen LogP contribution in [0.5, 0.6) is 11.5 Å². The van der Waals surface area contributed by atoms with Crippen molar-refractivity contribution in [3.05, 3.63) is 59.4 Å². The highest BCUT2D eigenvalue weighted by molar-refractivity contribution is 6.32. The minimum absolute atomic E-state index is 0.0249. The third-order valence-electron chi connectivity index (χ3n) is 5.39. The van der Waals surface area contributed by atoms with Crippen LogP contribution in [0.25, 0.3) is 10.9 Å². The van der Waals surface area contributed by atoms with Crippen molar-refractivity contribution >= 4 is 39.8 Å². The van der Waals surface area contributed by atoms with Crippen LogP contribution in [0.3, 0.4) is 0 Å². The van der Waals surface area contributed by atoms with Gasteiger partial charge in [-0.25, -0.2) is 9.97 Å². The van der Waals surface area contributed by atoms with Crippen LogP contribution in [0.15, 0.2) is 48.8 Å². The first-order chi connectivity index (χ1) is 18.4. The van der Waals surface area contributed by atoms with Crippen molar-refractivity contribution in [3.63, 3.8) is 0 Å². The number of benzene rings is 2. The van der Waals surface area contributed by atoms with E-state index in [1.165, 1.54) is 6.33 Å². The van der Waals surface area contributed by atoms with E-state index in [1.807, 2.05) is 50.2 Å². The van der Waals surface area contributed by atoms with Gasteiger partial charge in [-0.2, -0.15) is 0 Å². The van der Waals surface area contributed by atoms with Gasteiger partial charge in [0.25, 0.3) is 0 Å². The average Bonchev–Trinajstić information content (AvgIpc) is 2.88. The Balaban J connectivity index is 1.88. The van der Waals surface area contributed by atoms with E-state index in [2.05, 4.69) is 15.3 Å². The molecule has 3 rings (SSSR count). The van der Waals surface area contributed by atoms with Crippen LogP contribution in [-0.4, -0.2) is 81.4 Å². The summed E-state index contributed by atoms with van der Waals surface area (Å²) in [4.78, 5) is 23.6. The number of nitrogens with zero attached hydrogens (tertiary/aromatic N) is 3. The summed E-state index contributed by atoms with van der Waals surface area (Å²) in [6.45, 7) is 4.91. The summed E-state index contributed by atoms with van der Waals surface area (Å²) in [6, 6.07) is 9.14. The number of hydrogen-bond acceptors (Lipinski definition) is 9. The third-order valence-corrected chi connectivity index (χ3v) is 5.68. The van der Waals surface area contributed by atoms with Crippen LogP contribution >= 0.6 is 11.6 Å². The number of aromatic nitrogens is 2. The van der Waals surface area contributed by atoms with Gasteiger partial charge in [-0.15, -0.1) is 0 Å². The van der Waals surface area contributed by atoms with Gasteiger partial charge in [0, 0.05) is 49.4 Å². The van der Waals surface area contributed by atoms with E-state index in [-0.39, 0.29) is 12.2 Å². The number of ketones is 1. The number of ether oxygens (including phenoxy) is 4. The molecule has 0 aliphatic carbocycles. The SMILES string of the molecule is CCOCCOc1cc2ncnc(Nc3ccc(OCCOC)c(Cl)c3)c2cc1CC(=O)/C=C/CN(C)C. The molecule has 0 aliphatic rings. The Morgan fingerprint density at radius 1 is 1.05 bits per heavy atom. The zero-order valence-corrected chi connectivity index (χ0v) is 23.1. The predicted octanol–water partition coefficient (Wildman–Crippen LogP) is 4.70. The second-order valence-corrected chi connectivity index (χ2v) is 9.07. The van der Waals surface area contributed by atoms with Gasteiger partial charge in [0.05, 0.1) is 23.8 Å². The van der Waals surface area contributed by atoms with Crippen molar-refractivity contribution in [2.45, 2.75) is 13.3 Å². The molecular formula is C28H35ClN4O5. The first kappa shape index (κ1) is 29.3. The van der Waals surface area contributed by atoms with Gasteiger partial charge in [0.2, 0.25) is 0 Å². The van der Waals surface area contributed by atoms with E-state index >= 15 is 0 Å². The number of likely N-dealkylation sites (N-methyl/N-ethyl adjacent to an activating group) is 1. The fourth-order valence-corrected chi connectivity index (χ4v) is 3.80. The third kappa shape index (κ3) is 8.95. The molecule has 0 saturated heterocycles. The van der Waals surface area contributed by atoms with Gasteiger partial charge in [0.15, 0.2) is 5.78 Å². The molecule has 1 heterocycles. The Morgan fingerprint density at radius 3 is 2.58 bits per heavy atom. The van der Waals surface area contributed by atoms with Gasteiger partial charge in [-0.3, -0.25) is 4.79 Å². The second-order valence-electron chi connectivity index (χ2n) is 8.66. The second kappa shape index (κ2) is 15.2. The normalized spacial score (nSPS) is 11.4. The molecule has 10 heteroatoms. The van der Waals surface area contributed by atoms with Gasteiger partial charge in [-0.1, -0.05) is 17.7 Å². The molecule has 204 valence electrons. The maximum Gasteiger partial charge on any atom is 0.159 e. The van der Waals surface area contributed by atoms with Gasteiger partial charge in [0.1, 0.15) is 36.9 Å². The monoisotopic (exact) mass is 542 g/mol. The molecule has 0 spiro atoms. The fraction of sp³-hybridized carbons (Fsp3) is 0.393. The maximum atomic E-state index is 12.7. The lowest BCUT2D eigenvalue weighted by atomic mass is 10.0. The van der Waals surface area contributed by atoms with Gasteiger partial charge >= 0.3 is 0 Å². The molecule has 38 heavy (non-hydrogen) atoms. The summed E-state index contributed by atoms with van der Waals surface area (Å²) in [5.41, 5.74) is 2.15. The molecule has 0 saturated carbocycles. The summed E-state index contributed by atoms with van der Waals surface area (Å²) in [6.07, 6.45) is 5.11. The van der Waals surface area contributed by atoms with Crippen LogP contribution < -0.4 is 14.8 Å². The lowest BCUT2D eigenvalue weighted by molar-refractivity contribution is -0.114. The summed E-state index contributed by atoms with van der Waals surface area (Å²) in [5.74, 6) is 1.72. The number of fused-ring (bicyclic) bond motifs is 1. The summed E-state index contributed by atoms with van der Waals surface area (Å²) >= 11 is 6.42. The predicted molar refractivity (Wildman–Crippen MR) is 150 cm³/mol. The first-order valence-corrected chi connectivity index (χ1v) is 12.8. The Bertz CT molecular complexity index is 1240. The molecule has 0 aliphatic heterocycles. The Morgan fingerprint density at radius 2 is 1.84 bits per heavy atom. The van der Waals surface area contributed by atoms with E-state index in [1.54, 1.807) is 25.3 Å². The van der Waals surface area contributed by atoms with Crippen LogP contribution in [0, 0.1) is 0 Å². The van der Waals surface area contributed by atoms with E-state index < -0.39 is 0 Å². The highest BCUT2D eigenvalue weighted by Crippen LogP contribution is 2.33. The molecule has 0 fully saturated rings. The first-order valence-electron chi connectivity index (χ1n) is 12.4. The zero-order chi connectivity index (χ0) is 27.3. The van der Waals surface area contributed by atoms with Crippen LogP contribution in [0.1, 0.15) is 12.5 Å². The molecule has 0 radical (unpaired) electrons. The molecule has 0 amide bonds. The number of allylic oxidation sites excluding steroid dienone is 1. The van der Waals surface area contributed by atoms with Crippen molar-refractivity contribution in [2.75, 3.05) is 66.1 Å². The van der Waals surface area contributed by atoms with Crippen LogP contribution in [-0.2, 0) is 20.7 Å². The minimum atomic E-state index is -0.0249. The molecule has 3 aromatic rings. The Hall–Kier alpha value is -3.24. The number of anilines is 2. The highest BCUT2D eigenvalue weighted by atomic mass is 35.5. The Labute approximate surface area is 228 Å². The number of hydrogen-bond donors (Lipinski definition) is 1. The lowest BCUT2D eigenvalue weighted by Crippen LogP contribution is -2.12. The highest BCUT2D eigenvalue weighted by Gasteiger charge is 2.14. The number of methoxy groups -OCH3 is 1. The maximum absolute atomic E-state index is 12.7. The number of halogens is 1.